The normalized spacial score (nSPS) is 10.8. The Bertz CT molecular complexity index is 1070. The lowest BCUT2D eigenvalue weighted by Crippen LogP contribution is -2.04. The van der Waals surface area contributed by atoms with E-state index in [-0.39, 0.29) is 0 Å². The van der Waals surface area contributed by atoms with Gasteiger partial charge < -0.3 is 4.74 Å². The van der Waals surface area contributed by atoms with E-state index < -0.39 is 0 Å². The molecule has 8 heteroatoms. The number of hydrogen-bond donors (Lipinski definition) is 1. The molecule has 2 heterocycles. The molecule has 4 rings (SSSR count). The summed E-state index contributed by atoms with van der Waals surface area (Å²) in [4.78, 5) is 1.55. The summed E-state index contributed by atoms with van der Waals surface area (Å²) in [5.41, 5.74) is 2.75. The lowest BCUT2D eigenvalue weighted by molar-refractivity contribution is 0.414. The van der Waals surface area contributed by atoms with Gasteiger partial charge in [0.1, 0.15) is 10.4 Å². The van der Waals surface area contributed by atoms with Crippen LogP contribution in [0.25, 0.3) is 17.1 Å². The maximum atomic E-state index is 5.56. The van der Waals surface area contributed by atoms with Crippen molar-refractivity contribution in [3.05, 3.63) is 71.0 Å². The van der Waals surface area contributed by atoms with Crippen molar-refractivity contribution in [1.82, 2.24) is 30.0 Å². The monoisotopic (exact) mass is 364 g/mol. The summed E-state index contributed by atoms with van der Waals surface area (Å²) in [6.45, 7) is 0.521. The zero-order valence-electron chi connectivity index (χ0n) is 14.0. The minimum absolute atomic E-state index is 0.495. The molecular weight excluding hydrogens is 348 g/mol. The van der Waals surface area contributed by atoms with Crippen molar-refractivity contribution in [2.75, 3.05) is 7.11 Å². The van der Waals surface area contributed by atoms with E-state index in [1.165, 1.54) is 0 Å². The number of ether oxygens (including phenoxy) is 1. The van der Waals surface area contributed by atoms with Crippen molar-refractivity contribution >= 4 is 12.2 Å². The maximum absolute atomic E-state index is 5.56. The van der Waals surface area contributed by atoms with Crippen LogP contribution in [-0.2, 0) is 6.54 Å². The molecule has 4 aromatic rings. The van der Waals surface area contributed by atoms with E-state index in [2.05, 4.69) is 20.5 Å². The topological polar surface area (TPSA) is 73.5 Å². The van der Waals surface area contributed by atoms with Crippen molar-refractivity contribution in [1.29, 1.82) is 0 Å². The Morgan fingerprint density at radius 1 is 1.08 bits per heavy atom. The van der Waals surface area contributed by atoms with Gasteiger partial charge in [0.05, 0.1) is 24.9 Å². The average molecular weight is 364 g/mol. The first-order chi connectivity index (χ1) is 12.7. The Balaban J connectivity index is 1.58. The van der Waals surface area contributed by atoms with Gasteiger partial charge in [-0.15, -0.1) is 10.2 Å². The molecule has 2 aromatic heterocycles. The predicted octanol–water partition coefficient (Wildman–Crippen LogP) is 3.25. The molecule has 130 valence electrons. The van der Waals surface area contributed by atoms with Gasteiger partial charge >= 0.3 is 0 Å². The minimum atomic E-state index is 0.495. The van der Waals surface area contributed by atoms with E-state index in [9.17, 15) is 0 Å². The van der Waals surface area contributed by atoms with Crippen LogP contribution in [-0.4, -0.2) is 37.1 Å². The van der Waals surface area contributed by atoms with Gasteiger partial charge in [0.25, 0.3) is 0 Å². The van der Waals surface area contributed by atoms with Gasteiger partial charge in [0, 0.05) is 6.20 Å². The molecule has 0 amide bonds. The smallest absolute Gasteiger partial charge is 0.209 e. The second-order valence-electron chi connectivity index (χ2n) is 5.65. The molecule has 0 aliphatic carbocycles. The van der Waals surface area contributed by atoms with Gasteiger partial charge in [-0.3, -0.25) is 5.10 Å². The number of H-pyrrole nitrogens is 1. The fourth-order valence-electron chi connectivity index (χ4n) is 2.61. The third kappa shape index (κ3) is 3.14. The van der Waals surface area contributed by atoms with Crippen LogP contribution in [0.2, 0.25) is 0 Å². The van der Waals surface area contributed by atoms with Crippen LogP contribution in [0.3, 0.4) is 0 Å². The lowest BCUT2D eigenvalue weighted by Gasteiger charge is -2.02. The van der Waals surface area contributed by atoms with Gasteiger partial charge in [-0.1, -0.05) is 42.5 Å². The van der Waals surface area contributed by atoms with Crippen LogP contribution in [0.5, 0.6) is 5.75 Å². The Labute approximate surface area is 154 Å². The van der Waals surface area contributed by atoms with Crippen molar-refractivity contribution in [2.45, 2.75) is 6.54 Å². The number of hydrogen-bond acceptors (Lipinski definition) is 5. The van der Waals surface area contributed by atoms with E-state index in [4.69, 9.17) is 17.0 Å². The van der Waals surface area contributed by atoms with Crippen LogP contribution in [0.4, 0.5) is 0 Å². The highest BCUT2D eigenvalue weighted by molar-refractivity contribution is 7.71. The van der Waals surface area contributed by atoms with E-state index in [1.54, 1.807) is 18.1 Å². The summed E-state index contributed by atoms with van der Waals surface area (Å²) >= 11 is 5.56. The lowest BCUT2D eigenvalue weighted by atomic mass is 10.2. The molecule has 0 aliphatic heterocycles. The van der Waals surface area contributed by atoms with Crippen molar-refractivity contribution in [2.24, 2.45) is 0 Å². The first kappa shape index (κ1) is 16.2. The molecule has 0 radical (unpaired) electrons. The van der Waals surface area contributed by atoms with Crippen molar-refractivity contribution in [3.8, 4) is 22.8 Å². The molecule has 0 spiro atoms. The highest BCUT2D eigenvalue weighted by atomic mass is 32.1. The zero-order chi connectivity index (χ0) is 17.9. The Morgan fingerprint density at radius 3 is 2.58 bits per heavy atom. The molecule has 0 saturated heterocycles. The largest absolute Gasteiger partial charge is 0.497 e. The van der Waals surface area contributed by atoms with Crippen LogP contribution < -0.4 is 4.74 Å². The Hall–Kier alpha value is -3.26. The summed E-state index contributed by atoms with van der Waals surface area (Å²) in [6, 6.07) is 17.6. The summed E-state index contributed by atoms with van der Waals surface area (Å²) < 4.78 is 7.59. The van der Waals surface area contributed by atoms with E-state index >= 15 is 0 Å². The zero-order valence-corrected chi connectivity index (χ0v) is 14.8. The van der Waals surface area contributed by atoms with Gasteiger partial charge in [0.15, 0.2) is 0 Å². The Morgan fingerprint density at radius 2 is 1.85 bits per heavy atom. The summed E-state index contributed by atoms with van der Waals surface area (Å²) in [6.07, 6.45) is 1.80. The number of nitrogens with one attached hydrogen (secondary N) is 1. The fraction of sp³-hybridized carbons (Fsp3) is 0.111. The molecule has 0 aliphatic rings. The molecule has 0 saturated carbocycles. The summed E-state index contributed by atoms with van der Waals surface area (Å²) in [5.74, 6) is 1.31. The number of aromatic nitrogens is 6. The molecule has 26 heavy (non-hydrogen) atoms. The SMILES string of the molecule is COc1ccc(Cn2nnc(-c3c[nH]n(-c4ccccc4)c3=S)n2)cc1. The van der Waals surface area contributed by atoms with Crippen LogP contribution in [0.15, 0.2) is 60.8 Å². The number of aromatic amines is 1. The summed E-state index contributed by atoms with van der Waals surface area (Å²) in [7, 11) is 1.64. The molecule has 1 N–H and O–H groups in total. The van der Waals surface area contributed by atoms with E-state index in [0.29, 0.717) is 17.0 Å². The minimum Gasteiger partial charge on any atom is -0.497 e. The molecule has 2 aromatic carbocycles. The number of methoxy groups -OCH3 is 1. The number of nitrogens with zero attached hydrogens (tertiary/aromatic N) is 5. The molecule has 0 atom stereocenters. The maximum Gasteiger partial charge on any atom is 0.209 e. The molecule has 0 bridgehead atoms. The highest BCUT2D eigenvalue weighted by Gasteiger charge is 2.12. The van der Waals surface area contributed by atoms with Gasteiger partial charge in [-0.05, 0) is 35.0 Å². The predicted molar refractivity (Wildman–Crippen MR) is 99.9 cm³/mol. The van der Waals surface area contributed by atoms with Crippen LogP contribution >= 0.6 is 12.2 Å². The van der Waals surface area contributed by atoms with Crippen LogP contribution in [0, 0.1) is 4.64 Å². The average Bonchev–Trinajstić information content (AvgIpc) is 3.29. The van der Waals surface area contributed by atoms with Gasteiger partial charge in [-0.25, -0.2) is 4.68 Å². The van der Waals surface area contributed by atoms with Gasteiger partial charge in [-0.2, -0.15) is 4.80 Å². The second-order valence-corrected chi connectivity index (χ2v) is 6.04. The third-order valence-corrected chi connectivity index (χ3v) is 4.37. The first-order valence-corrected chi connectivity index (χ1v) is 8.42. The second kappa shape index (κ2) is 6.93. The van der Waals surface area contributed by atoms with Gasteiger partial charge in [0.2, 0.25) is 5.82 Å². The number of tetrazole rings is 1. The number of para-hydroxylation sites is 1. The summed E-state index contributed by atoms with van der Waals surface area (Å²) in [5, 5.41) is 15.9. The molecule has 0 unspecified atom stereocenters. The molecule has 7 nitrogen and oxygen atoms in total. The standard InChI is InChI=1S/C18H16N6OS/c1-25-15-9-7-13(8-10-15)12-23-21-17(20-22-23)16-11-19-24(18(16)26)14-5-3-2-4-6-14/h2-11,19H,12H2,1H3. The Kier molecular flexibility index (Phi) is 4.32. The van der Waals surface area contributed by atoms with Crippen LogP contribution in [0.1, 0.15) is 5.56 Å². The fourth-order valence-corrected chi connectivity index (χ4v) is 2.92. The van der Waals surface area contributed by atoms with E-state index in [0.717, 1.165) is 22.6 Å². The van der Waals surface area contributed by atoms with E-state index in [1.807, 2.05) is 59.3 Å². The third-order valence-electron chi connectivity index (χ3n) is 3.96. The van der Waals surface area contributed by atoms with Crippen molar-refractivity contribution in [3.63, 3.8) is 0 Å². The first-order valence-electron chi connectivity index (χ1n) is 8.01. The van der Waals surface area contributed by atoms with Crippen molar-refractivity contribution < 1.29 is 4.74 Å². The molecular formula is C18H16N6OS. The number of rotatable bonds is 5. The highest BCUT2D eigenvalue weighted by Crippen LogP contribution is 2.18. The quantitative estimate of drug-likeness (QED) is 0.550. The molecule has 0 fully saturated rings. The number of benzene rings is 2.